The van der Waals surface area contributed by atoms with Crippen LogP contribution in [0.3, 0.4) is 0 Å². The van der Waals surface area contributed by atoms with E-state index in [2.05, 4.69) is 16.8 Å². The fourth-order valence-corrected chi connectivity index (χ4v) is 2.13. The Kier molecular flexibility index (Phi) is 3.49. The number of aromatic nitrogens is 1. The summed E-state index contributed by atoms with van der Waals surface area (Å²) in [6.07, 6.45) is 0. The molecule has 0 atom stereocenters. The quantitative estimate of drug-likeness (QED) is 0.497. The summed E-state index contributed by atoms with van der Waals surface area (Å²) in [4.78, 5) is 16.3. The molecule has 100 valence electrons. The highest BCUT2D eigenvalue weighted by molar-refractivity contribution is 5.99. The third-order valence-electron chi connectivity index (χ3n) is 3.20. The molecule has 0 spiro atoms. The van der Waals surface area contributed by atoms with Crippen LogP contribution >= 0.6 is 0 Å². The Labute approximate surface area is 123 Å². The molecule has 3 rings (SSSR count). The molecular weight excluding hydrogens is 258 g/mol. The van der Waals surface area contributed by atoms with Gasteiger partial charge in [0.15, 0.2) is 5.78 Å². The zero-order chi connectivity index (χ0) is 14.7. The van der Waals surface area contributed by atoms with E-state index in [0.29, 0.717) is 11.3 Å². The van der Waals surface area contributed by atoms with Crippen LogP contribution in [0.2, 0.25) is 0 Å². The molecule has 1 heterocycles. The first-order valence-electron chi connectivity index (χ1n) is 6.72. The molecule has 0 radical (unpaired) electrons. The average molecular weight is 271 g/mol. The van der Waals surface area contributed by atoms with E-state index >= 15 is 0 Å². The number of carbonyl (C=O) groups is 1. The number of rotatable bonds is 1. The number of Topliss-reactive ketones (excluding diaryl/α,β-unsaturated/α-hetero) is 1. The van der Waals surface area contributed by atoms with Crippen molar-refractivity contribution in [2.24, 2.45) is 0 Å². The van der Waals surface area contributed by atoms with Crippen LogP contribution in [0.15, 0.2) is 60.7 Å². The summed E-state index contributed by atoms with van der Waals surface area (Å²) >= 11 is 0. The molecule has 2 nitrogen and oxygen atoms in total. The molecule has 0 saturated heterocycles. The van der Waals surface area contributed by atoms with Crippen molar-refractivity contribution in [3.8, 4) is 11.8 Å². The predicted molar refractivity (Wildman–Crippen MR) is 84.2 cm³/mol. The normalized spacial score (nSPS) is 9.95. The smallest absolute Gasteiger partial charge is 0.162 e. The maximum Gasteiger partial charge on any atom is 0.162 e. The predicted octanol–water partition coefficient (Wildman–Crippen LogP) is 3.84. The molecule has 2 aromatic carbocycles. The highest BCUT2D eigenvalue weighted by Crippen LogP contribution is 2.16. The Morgan fingerprint density at radius 1 is 0.952 bits per heavy atom. The number of carbonyl (C=O) groups excluding carboxylic acids is 1. The van der Waals surface area contributed by atoms with Gasteiger partial charge < -0.3 is 0 Å². The zero-order valence-electron chi connectivity index (χ0n) is 11.6. The minimum absolute atomic E-state index is 0.0226. The van der Waals surface area contributed by atoms with Crippen molar-refractivity contribution in [2.45, 2.75) is 6.92 Å². The fourth-order valence-electron chi connectivity index (χ4n) is 2.13. The second kappa shape index (κ2) is 5.60. The summed E-state index contributed by atoms with van der Waals surface area (Å²) in [6.45, 7) is 1.54. The van der Waals surface area contributed by atoms with Crippen LogP contribution in [-0.2, 0) is 0 Å². The summed E-state index contributed by atoms with van der Waals surface area (Å²) in [6, 6.07) is 19.3. The van der Waals surface area contributed by atoms with Gasteiger partial charge in [0, 0.05) is 10.9 Å². The number of ketones is 1. The van der Waals surface area contributed by atoms with Gasteiger partial charge in [-0.15, -0.1) is 0 Å². The van der Waals surface area contributed by atoms with Crippen molar-refractivity contribution < 1.29 is 4.79 Å². The minimum atomic E-state index is -0.0226. The molecule has 1 aromatic heterocycles. The lowest BCUT2D eigenvalue weighted by Gasteiger charge is -2.03. The van der Waals surface area contributed by atoms with Crippen LogP contribution in [0.4, 0.5) is 0 Å². The lowest BCUT2D eigenvalue weighted by atomic mass is 10.1. The second-order valence-electron chi connectivity index (χ2n) is 4.75. The Bertz CT molecular complexity index is 870. The van der Waals surface area contributed by atoms with E-state index in [4.69, 9.17) is 0 Å². The highest BCUT2D eigenvalue weighted by atomic mass is 16.1. The summed E-state index contributed by atoms with van der Waals surface area (Å²) in [5, 5.41) is 0.952. The van der Waals surface area contributed by atoms with Crippen molar-refractivity contribution >= 4 is 16.7 Å². The van der Waals surface area contributed by atoms with E-state index in [9.17, 15) is 4.79 Å². The lowest BCUT2D eigenvalue weighted by molar-refractivity contribution is 0.101. The topological polar surface area (TPSA) is 30.0 Å². The van der Waals surface area contributed by atoms with E-state index < -0.39 is 0 Å². The van der Waals surface area contributed by atoms with Crippen LogP contribution < -0.4 is 0 Å². The van der Waals surface area contributed by atoms with Gasteiger partial charge in [-0.1, -0.05) is 42.3 Å². The van der Waals surface area contributed by atoms with Crippen molar-refractivity contribution in [2.75, 3.05) is 0 Å². The number of hydrogen-bond acceptors (Lipinski definition) is 2. The first-order chi connectivity index (χ1) is 10.2. The van der Waals surface area contributed by atoms with Crippen LogP contribution in [0.1, 0.15) is 28.5 Å². The number of benzene rings is 2. The molecule has 0 fully saturated rings. The van der Waals surface area contributed by atoms with Crippen molar-refractivity contribution in [3.63, 3.8) is 0 Å². The van der Waals surface area contributed by atoms with Crippen LogP contribution in [0.5, 0.6) is 0 Å². The molecule has 0 saturated carbocycles. The van der Waals surface area contributed by atoms with Gasteiger partial charge >= 0.3 is 0 Å². The molecule has 0 N–H and O–H groups in total. The molecular formula is C19H13NO. The molecule has 2 heteroatoms. The molecule has 0 amide bonds. The van der Waals surface area contributed by atoms with Gasteiger partial charge in [-0.3, -0.25) is 4.79 Å². The van der Waals surface area contributed by atoms with E-state index in [-0.39, 0.29) is 5.78 Å². The molecule has 0 bridgehead atoms. The van der Waals surface area contributed by atoms with E-state index in [1.807, 2.05) is 60.7 Å². The van der Waals surface area contributed by atoms with E-state index in [0.717, 1.165) is 16.5 Å². The average Bonchev–Trinajstić information content (AvgIpc) is 2.53. The number of nitrogens with zero attached hydrogens (tertiary/aromatic N) is 1. The third-order valence-corrected chi connectivity index (χ3v) is 3.20. The maximum atomic E-state index is 11.8. The standard InChI is InChI=1S/C19H13NO/c1-14(21)17-13-16-9-5-6-10-18(16)20-19(17)12-11-15-7-3-2-4-8-15/h2-10,13H,1H3. The minimum Gasteiger partial charge on any atom is -0.294 e. The Morgan fingerprint density at radius 3 is 2.43 bits per heavy atom. The van der Waals surface area contributed by atoms with Crippen molar-refractivity contribution in [1.29, 1.82) is 0 Å². The monoisotopic (exact) mass is 271 g/mol. The number of hydrogen-bond donors (Lipinski definition) is 0. The fraction of sp³-hybridized carbons (Fsp3) is 0.0526. The zero-order valence-corrected chi connectivity index (χ0v) is 11.6. The molecule has 0 aliphatic rings. The first-order valence-corrected chi connectivity index (χ1v) is 6.72. The summed E-state index contributed by atoms with van der Waals surface area (Å²) in [5.41, 5.74) is 2.85. The summed E-state index contributed by atoms with van der Waals surface area (Å²) in [7, 11) is 0. The lowest BCUT2D eigenvalue weighted by Crippen LogP contribution is -2.00. The van der Waals surface area contributed by atoms with Gasteiger partial charge in [0.2, 0.25) is 0 Å². The van der Waals surface area contributed by atoms with Crippen LogP contribution in [-0.4, -0.2) is 10.8 Å². The van der Waals surface area contributed by atoms with Gasteiger partial charge in [0.05, 0.1) is 11.1 Å². The highest BCUT2D eigenvalue weighted by Gasteiger charge is 2.08. The van der Waals surface area contributed by atoms with Crippen molar-refractivity contribution in [1.82, 2.24) is 4.98 Å². The van der Waals surface area contributed by atoms with E-state index in [1.54, 1.807) is 6.92 Å². The molecule has 3 aromatic rings. The number of para-hydroxylation sites is 1. The Balaban J connectivity index is 2.15. The molecule has 0 aliphatic heterocycles. The summed E-state index contributed by atoms with van der Waals surface area (Å²) < 4.78 is 0. The largest absolute Gasteiger partial charge is 0.294 e. The van der Waals surface area contributed by atoms with Gasteiger partial charge in [-0.2, -0.15) is 0 Å². The van der Waals surface area contributed by atoms with Gasteiger partial charge in [0.1, 0.15) is 5.69 Å². The van der Waals surface area contributed by atoms with Crippen molar-refractivity contribution in [3.05, 3.63) is 77.5 Å². The Morgan fingerprint density at radius 2 is 1.67 bits per heavy atom. The van der Waals surface area contributed by atoms with Crippen LogP contribution in [0, 0.1) is 11.8 Å². The first kappa shape index (κ1) is 13.1. The third kappa shape index (κ3) is 2.82. The van der Waals surface area contributed by atoms with E-state index in [1.165, 1.54) is 0 Å². The molecule has 21 heavy (non-hydrogen) atoms. The maximum absolute atomic E-state index is 11.8. The van der Waals surface area contributed by atoms with Gasteiger partial charge in [-0.25, -0.2) is 4.98 Å². The second-order valence-corrected chi connectivity index (χ2v) is 4.75. The molecule has 0 unspecified atom stereocenters. The number of fused-ring (bicyclic) bond motifs is 1. The number of pyridine rings is 1. The van der Waals surface area contributed by atoms with Crippen LogP contribution in [0.25, 0.3) is 10.9 Å². The Hall–Kier alpha value is -2.92. The molecule has 0 aliphatic carbocycles. The van der Waals surface area contributed by atoms with Gasteiger partial charge in [0.25, 0.3) is 0 Å². The summed E-state index contributed by atoms with van der Waals surface area (Å²) in [5.74, 6) is 6.05. The SMILES string of the molecule is CC(=O)c1cc2ccccc2nc1C#Cc1ccccc1. The van der Waals surface area contributed by atoms with Gasteiger partial charge in [-0.05, 0) is 37.1 Å².